The third kappa shape index (κ3) is 11.3. The van der Waals surface area contributed by atoms with Crippen LogP contribution in [-0.2, 0) is 10.1 Å². The Labute approximate surface area is 154 Å². The number of hydrogen-bond acceptors (Lipinski definition) is 4. The normalized spacial score (nSPS) is 14.9. The van der Waals surface area contributed by atoms with Crippen LogP contribution in [0.1, 0.15) is 65.2 Å². The Hall–Kier alpha value is 1.51. The predicted octanol–water partition coefficient (Wildman–Crippen LogP) is -0.574. The smallest absolute Gasteiger partial charge is 0.748 e. The van der Waals surface area contributed by atoms with E-state index < -0.39 is 21.5 Å². The second-order valence-corrected chi connectivity index (χ2v) is 6.27. The van der Waals surface area contributed by atoms with Gasteiger partial charge in [0.05, 0.1) is 21.5 Å². The molecule has 0 radical (unpaired) electrons. The van der Waals surface area contributed by atoms with Crippen LogP contribution in [-0.4, -0.2) is 29.4 Å². The van der Waals surface area contributed by atoms with Crippen LogP contribution in [0.4, 0.5) is 0 Å². The molecule has 0 aromatic carbocycles. The Morgan fingerprint density at radius 2 is 1.67 bits per heavy atom. The van der Waals surface area contributed by atoms with Gasteiger partial charge in [-0.3, -0.25) is 0 Å². The van der Waals surface area contributed by atoms with E-state index in [1.807, 2.05) is 0 Å². The first-order chi connectivity index (χ1) is 7.91. The second-order valence-electron chi connectivity index (χ2n) is 4.62. The van der Waals surface area contributed by atoms with Gasteiger partial charge in [-0.1, -0.05) is 46.0 Å². The molecule has 0 aromatic rings. The maximum atomic E-state index is 10.8. The minimum Gasteiger partial charge on any atom is -0.748 e. The van der Waals surface area contributed by atoms with Gasteiger partial charge in [-0.2, -0.15) is 0 Å². The molecule has 0 rings (SSSR count). The largest absolute Gasteiger partial charge is 1.00 e. The summed E-state index contributed by atoms with van der Waals surface area (Å²) < 4.78 is 32.5. The van der Waals surface area contributed by atoms with E-state index in [0.29, 0.717) is 6.42 Å². The summed E-state index contributed by atoms with van der Waals surface area (Å²) in [5.74, 6) is 0. The molecule has 0 spiro atoms. The van der Waals surface area contributed by atoms with Crippen LogP contribution in [0.15, 0.2) is 0 Å². The van der Waals surface area contributed by atoms with Crippen LogP contribution in [0.2, 0.25) is 0 Å². The first-order valence-corrected chi connectivity index (χ1v) is 8.01. The van der Waals surface area contributed by atoms with Gasteiger partial charge in [0, 0.05) is 0 Å². The van der Waals surface area contributed by atoms with E-state index in [1.165, 1.54) is 12.8 Å². The van der Waals surface area contributed by atoms with Gasteiger partial charge in [-0.05, 0) is 19.3 Å². The second kappa shape index (κ2) is 12.3. The minimum atomic E-state index is -4.26. The Morgan fingerprint density at radius 3 is 2.11 bits per heavy atom. The van der Waals surface area contributed by atoms with Gasteiger partial charge < -0.3 is 9.66 Å². The summed E-state index contributed by atoms with van der Waals surface area (Å²) in [5, 5.41) is 8.73. The molecule has 6 heteroatoms. The fourth-order valence-corrected chi connectivity index (χ4v) is 2.76. The Kier molecular flexibility index (Phi) is 14.9. The maximum absolute atomic E-state index is 10.8. The monoisotopic (exact) mass is 304 g/mol. The van der Waals surface area contributed by atoms with Crippen LogP contribution in [0.3, 0.4) is 0 Å². The standard InChI is InChI=1S/C12H26O4S.K/c1-3-5-6-7-8-9-11(13)10-12(4-2)17(14,15)16;/h11-13H,3-10H2,1-2H3,(H,14,15,16);/q;+1/p-1. The van der Waals surface area contributed by atoms with Gasteiger partial charge in [0.15, 0.2) is 0 Å². The molecule has 0 fully saturated rings. The molecular formula is C12H25KO4S. The van der Waals surface area contributed by atoms with Gasteiger partial charge in [-0.25, -0.2) is 8.42 Å². The van der Waals surface area contributed by atoms with Crippen LogP contribution in [0.5, 0.6) is 0 Å². The minimum absolute atomic E-state index is 0. The van der Waals surface area contributed by atoms with E-state index in [4.69, 9.17) is 0 Å². The fourth-order valence-electron chi connectivity index (χ4n) is 1.89. The van der Waals surface area contributed by atoms with Gasteiger partial charge >= 0.3 is 51.4 Å². The Morgan fingerprint density at radius 1 is 1.11 bits per heavy atom. The average molecular weight is 304 g/mol. The molecular weight excluding hydrogens is 279 g/mol. The van der Waals surface area contributed by atoms with Gasteiger partial charge in [0.25, 0.3) is 0 Å². The summed E-state index contributed by atoms with van der Waals surface area (Å²) in [6.07, 6.45) is 5.77. The molecule has 0 bridgehead atoms. The molecule has 0 aliphatic heterocycles. The zero-order valence-corrected chi connectivity index (χ0v) is 15.8. The molecule has 0 aromatic heterocycles. The molecule has 0 amide bonds. The number of unbranched alkanes of at least 4 members (excludes halogenated alkanes) is 4. The molecule has 0 aliphatic rings. The van der Waals surface area contributed by atoms with Gasteiger partial charge in [-0.15, -0.1) is 0 Å². The molecule has 0 saturated carbocycles. The van der Waals surface area contributed by atoms with Crippen LogP contribution in [0.25, 0.3) is 0 Å². The topological polar surface area (TPSA) is 77.4 Å². The summed E-state index contributed by atoms with van der Waals surface area (Å²) in [5.41, 5.74) is 0. The average Bonchev–Trinajstić information content (AvgIpc) is 2.24. The Bertz CT molecular complexity index is 280. The van der Waals surface area contributed by atoms with Crippen molar-refractivity contribution in [1.29, 1.82) is 0 Å². The van der Waals surface area contributed by atoms with Crippen molar-refractivity contribution in [2.24, 2.45) is 0 Å². The van der Waals surface area contributed by atoms with Gasteiger partial charge in [0.2, 0.25) is 0 Å². The third-order valence-electron chi connectivity index (χ3n) is 3.04. The van der Waals surface area contributed by atoms with Crippen molar-refractivity contribution in [2.75, 3.05) is 0 Å². The van der Waals surface area contributed by atoms with Crippen molar-refractivity contribution >= 4 is 10.1 Å². The maximum Gasteiger partial charge on any atom is 1.00 e. The van der Waals surface area contributed by atoms with Crippen molar-refractivity contribution in [2.45, 2.75) is 76.6 Å². The van der Waals surface area contributed by atoms with Crippen molar-refractivity contribution in [1.82, 2.24) is 0 Å². The van der Waals surface area contributed by atoms with E-state index in [-0.39, 0.29) is 64.2 Å². The molecule has 0 saturated heterocycles. The number of hydrogen-bond donors (Lipinski definition) is 1. The molecule has 0 heterocycles. The molecule has 18 heavy (non-hydrogen) atoms. The zero-order chi connectivity index (χ0) is 13.3. The number of aliphatic hydroxyl groups is 1. The number of rotatable bonds is 10. The van der Waals surface area contributed by atoms with E-state index in [0.717, 1.165) is 19.3 Å². The van der Waals surface area contributed by atoms with Gasteiger partial charge in [0.1, 0.15) is 0 Å². The summed E-state index contributed by atoms with van der Waals surface area (Å²) in [7, 11) is -4.26. The molecule has 0 aliphatic carbocycles. The molecule has 104 valence electrons. The fraction of sp³-hybridized carbons (Fsp3) is 1.00. The summed E-state index contributed by atoms with van der Waals surface area (Å²) in [6, 6.07) is 0. The van der Waals surface area contributed by atoms with Crippen LogP contribution < -0.4 is 51.4 Å². The van der Waals surface area contributed by atoms with E-state index in [1.54, 1.807) is 6.92 Å². The van der Waals surface area contributed by atoms with Crippen LogP contribution in [0, 0.1) is 0 Å². The predicted molar refractivity (Wildman–Crippen MR) is 67.8 cm³/mol. The third-order valence-corrected chi connectivity index (χ3v) is 4.38. The summed E-state index contributed by atoms with van der Waals surface area (Å²) >= 11 is 0. The van der Waals surface area contributed by atoms with Crippen molar-refractivity contribution in [3.8, 4) is 0 Å². The van der Waals surface area contributed by atoms with E-state index in [9.17, 15) is 18.1 Å². The van der Waals surface area contributed by atoms with Crippen molar-refractivity contribution < 1.29 is 69.5 Å². The van der Waals surface area contributed by atoms with E-state index in [2.05, 4.69) is 6.92 Å². The summed E-state index contributed by atoms with van der Waals surface area (Å²) in [4.78, 5) is 0. The summed E-state index contributed by atoms with van der Waals surface area (Å²) in [6.45, 7) is 3.80. The number of aliphatic hydroxyl groups excluding tert-OH is 1. The SMILES string of the molecule is CCCCCCCC(O)CC(CC)S(=O)(=O)[O-].[K+]. The molecule has 2 unspecified atom stereocenters. The molecule has 4 nitrogen and oxygen atoms in total. The molecule has 2 atom stereocenters. The van der Waals surface area contributed by atoms with Crippen LogP contribution >= 0.6 is 0 Å². The Balaban J connectivity index is 0. The zero-order valence-electron chi connectivity index (χ0n) is 11.9. The first kappa shape index (κ1) is 21.8. The van der Waals surface area contributed by atoms with Crippen molar-refractivity contribution in [3.05, 3.63) is 0 Å². The van der Waals surface area contributed by atoms with Crippen molar-refractivity contribution in [3.63, 3.8) is 0 Å². The first-order valence-electron chi connectivity index (χ1n) is 6.54. The van der Waals surface area contributed by atoms with E-state index >= 15 is 0 Å². The molecule has 1 N–H and O–H groups in total. The quantitative estimate of drug-likeness (QED) is 0.333.